The fourth-order valence-corrected chi connectivity index (χ4v) is 3.31. The Bertz CT molecular complexity index is 534. The Morgan fingerprint density at radius 1 is 1.33 bits per heavy atom. The summed E-state index contributed by atoms with van der Waals surface area (Å²) < 4.78 is 29.6. The maximum Gasteiger partial charge on any atom is 0.104 e. The number of hydrogen-bond acceptors (Lipinski definition) is 4. The van der Waals surface area contributed by atoms with E-state index in [1.807, 2.05) is 0 Å². The Hall–Kier alpha value is -0.220. The monoisotopic (exact) mass is 423 g/mol. The van der Waals surface area contributed by atoms with Gasteiger partial charge in [-0.1, -0.05) is 12.1 Å². The lowest BCUT2D eigenvalue weighted by molar-refractivity contribution is -0.930. The Kier molecular flexibility index (Phi) is 7.55. The van der Waals surface area contributed by atoms with Crippen molar-refractivity contribution >= 4 is 32.7 Å². The highest BCUT2D eigenvalue weighted by atomic mass is 123. The largest absolute Gasteiger partial charge is 0.748 e. The summed E-state index contributed by atoms with van der Waals surface area (Å²) in [7, 11) is -3.92. The van der Waals surface area contributed by atoms with Crippen molar-refractivity contribution in [3.05, 3.63) is 33.4 Å². The molecule has 0 bridgehead atoms. The molecule has 0 spiro atoms. The number of halogens is 1. The van der Waals surface area contributed by atoms with Gasteiger partial charge in [0.1, 0.15) is 13.1 Å². The van der Waals surface area contributed by atoms with Gasteiger partial charge < -0.3 is 14.1 Å². The van der Waals surface area contributed by atoms with Crippen molar-refractivity contribution in [2.24, 2.45) is 0 Å². The van der Waals surface area contributed by atoms with Crippen molar-refractivity contribution in [3.63, 3.8) is 0 Å². The molecule has 1 saturated heterocycles. The van der Waals surface area contributed by atoms with Crippen molar-refractivity contribution in [1.82, 2.24) is 0 Å². The molecule has 120 valence electrons. The lowest BCUT2D eigenvalue weighted by atomic mass is 10.2. The molecule has 0 unspecified atom stereocenters. The average Bonchev–Trinajstić information content (AvgIpc) is 2.76. The molecule has 1 fully saturated rings. The topological polar surface area (TPSA) is 77.4 Å². The van der Waals surface area contributed by atoms with Crippen LogP contribution in [0.1, 0.15) is 18.4 Å². The van der Waals surface area contributed by atoms with Crippen LogP contribution < -0.4 is 0 Å². The van der Waals surface area contributed by atoms with E-state index in [9.17, 15) is 5.11 Å². The predicted molar refractivity (Wildman–Crippen MR) is 89.7 cm³/mol. The normalized spacial score (nSPS) is 17.1. The second-order valence-electron chi connectivity index (χ2n) is 5.44. The number of quaternary nitrogens is 1. The zero-order valence-corrected chi connectivity index (χ0v) is 15.1. The maximum absolute atomic E-state index is 9.21. The summed E-state index contributed by atoms with van der Waals surface area (Å²) in [6, 6.07) is 8.72. The third kappa shape index (κ3) is 8.10. The van der Waals surface area contributed by atoms with E-state index in [1.165, 1.54) is 35.1 Å². The van der Waals surface area contributed by atoms with Crippen LogP contribution in [-0.2, 0) is 16.7 Å². The molecule has 1 aromatic carbocycles. The molecule has 0 amide bonds. The quantitative estimate of drug-likeness (QED) is 0.453. The second-order valence-corrected chi connectivity index (χ2v) is 8.09. The van der Waals surface area contributed by atoms with Crippen LogP contribution in [0.25, 0.3) is 0 Å². The lowest BCUT2D eigenvalue weighted by Gasteiger charge is -2.33. The number of likely N-dealkylation sites (tertiary alicyclic amines) is 1. The first-order chi connectivity index (χ1) is 9.74. The highest BCUT2D eigenvalue weighted by Gasteiger charge is 2.31. The minimum Gasteiger partial charge on any atom is -0.748 e. The van der Waals surface area contributed by atoms with E-state index in [4.69, 9.17) is 13.0 Å². The van der Waals surface area contributed by atoms with Gasteiger partial charge in [-0.15, -0.1) is 0 Å². The first-order valence-electron chi connectivity index (χ1n) is 6.85. The fraction of sp³-hybridized carbons (Fsp3) is 0.571. The molecule has 21 heavy (non-hydrogen) atoms. The van der Waals surface area contributed by atoms with Crippen molar-refractivity contribution in [2.75, 3.05) is 32.5 Å². The molecule has 0 atom stereocenters. The van der Waals surface area contributed by atoms with Crippen LogP contribution in [0.5, 0.6) is 0 Å². The van der Waals surface area contributed by atoms with Crippen molar-refractivity contribution in [3.8, 4) is 0 Å². The number of hydrogen-bond donors (Lipinski definition) is 1. The van der Waals surface area contributed by atoms with Gasteiger partial charge in [0.25, 0.3) is 0 Å². The van der Waals surface area contributed by atoms with Crippen molar-refractivity contribution < 1.29 is 22.6 Å². The van der Waals surface area contributed by atoms with Crippen LogP contribution >= 0.6 is 22.6 Å². The lowest BCUT2D eigenvalue weighted by Crippen LogP contribution is -2.46. The highest BCUT2D eigenvalue weighted by molar-refractivity contribution is 14.1. The van der Waals surface area contributed by atoms with E-state index in [0.717, 1.165) is 17.6 Å². The number of aliphatic hydroxyl groups excluding tert-OH is 1. The molecular weight excluding hydrogens is 401 g/mol. The number of benzene rings is 1. The molecule has 7 heteroatoms. The van der Waals surface area contributed by atoms with E-state index in [1.54, 1.807) is 0 Å². The van der Waals surface area contributed by atoms with E-state index < -0.39 is 10.1 Å². The molecule has 0 saturated carbocycles. The van der Waals surface area contributed by atoms with Gasteiger partial charge in [-0.25, -0.2) is 8.42 Å². The summed E-state index contributed by atoms with van der Waals surface area (Å²) in [6.07, 6.45) is 3.22. The SMILES string of the molecule is CS(=O)(=O)[O-].OCC[N+]1(Cc2cccc([123I])c2)CCCC1. The molecule has 2 rings (SSSR count). The third-order valence-electron chi connectivity index (χ3n) is 3.50. The van der Waals surface area contributed by atoms with Gasteiger partial charge in [0.15, 0.2) is 0 Å². The minimum atomic E-state index is -3.92. The molecule has 1 aliphatic rings. The van der Waals surface area contributed by atoms with Crippen LogP contribution in [0.2, 0.25) is 0 Å². The van der Waals surface area contributed by atoms with E-state index in [0.29, 0.717) is 12.9 Å². The number of rotatable bonds is 4. The van der Waals surface area contributed by atoms with Crippen LogP contribution in [-0.4, -0.2) is 55.1 Å². The Morgan fingerprint density at radius 2 is 1.90 bits per heavy atom. The second kappa shape index (κ2) is 8.42. The smallest absolute Gasteiger partial charge is 0.104 e. The summed E-state index contributed by atoms with van der Waals surface area (Å²) in [5.74, 6) is 0. The first-order valence-corrected chi connectivity index (χ1v) is 9.75. The van der Waals surface area contributed by atoms with Gasteiger partial charge in [0.05, 0.1) is 29.8 Å². The predicted octanol–water partition coefficient (Wildman–Crippen LogP) is 1.56. The van der Waals surface area contributed by atoms with Crippen LogP contribution in [0.4, 0.5) is 0 Å². The van der Waals surface area contributed by atoms with Gasteiger partial charge in [0.2, 0.25) is 0 Å². The molecule has 1 aliphatic heterocycles. The molecule has 1 aromatic rings. The Morgan fingerprint density at radius 3 is 2.38 bits per heavy atom. The van der Waals surface area contributed by atoms with Gasteiger partial charge in [-0.05, 0) is 34.7 Å². The van der Waals surface area contributed by atoms with E-state index in [-0.39, 0.29) is 0 Å². The maximum atomic E-state index is 9.21. The number of aliphatic hydroxyl groups is 1. The van der Waals surface area contributed by atoms with Crippen LogP contribution in [0.3, 0.4) is 0 Å². The van der Waals surface area contributed by atoms with Crippen molar-refractivity contribution in [2.45, 2.75) is 19.4 Å². The zero-order valence-electron chi connectivity index (χ0n) is 12.2. The standard InChI is InChI=1S/C13H19INO.CH4O3S/c14-13-5-3-4-12(10-13)11-15(8-9-16)6-1-2-7-15;1-5(2,3)4/h3-5,10,16H,1-2,6-9,11H2;1H3,(H,2,3,4)/q+1;/p-1/i14-4;. The average molecular weight is 423 g/mol. The molecule has 0 aromatic heterocycles. The molecule has 0 aliphatic carbocycles. The van der Waals surface area contributed by atoms with Crippen LogP contribution in [0, 0.1) is 3.57 Å². The first kappa shape index (κ1) is 18.8. The Labute approximate surface area is 140 Å². The number of nitrogens with zero attached hydrogens (tertiary/aromatic N) is 1. The Balaban J connectivity index is 0.000000383. The summed E-state index contributed by atoms with van der Waals surface area (Å²) in [5, 5.41) is 9.21. The van der Waals surface area contributed by atoms with Gasteiger partial charge >= 0.3 is 0 Å². The zero-order chi connectivity index (χ0) is 15.9. The van der Waals surface area contributed by atoms with E-state index in [2.05, 4.69) is 46.9 Å². The summed E-state index contributed by atoms with van der Waals surface area (Å²) >= 11 is 2.36. The van der Waals surface area contributed by atoms with E-state index >= 15 is 0 Å². The van der Waals surface area contributed by atoms with Gasteiger partial charge in [0, 0.05) is 28.2 Å². The molecule has 1 heterocycles. The molecular formula is C14H22INO4S. The summed E-state index contributed by atoms with van der Waals surface area (Å²) in [4.78, 5) is 0. The molecule has 1 N–H and O–H groups in total. The fourth-order valence-electron chi connectivity index (χ4n) is 2.70. The molecule has 0 radical (unpaired) electrons. The third-order valence-corrected chi connectivity index (χ3v) is 4.17. The minimum absolute atomic E-state index is 0.309. The van der Waals surface area contributed by atoms with Gasteiger partial charge in [-0.2, -0.15) is 0 Å². The summed E-state index contributed by atoms with van der Waals surface area (Å²) in [6.45, 7) is 4.75. The summed E-state index contributed by atoms with van der Waals surface area (Å²) in [5.41, 5.74) is 1.40. The van der Waals surface area contributed by atoms with Gasteiger partial charge in [-0.3, -0.25) is 0 Å². The highest BCUT2D eigenvalue weighted by Crippen LogP contribution is 2.23. The van der Waals surface area contributed by atoms with Crippen LogP contribution in [0.15, 0.2) is 24.3 Å². The van der Waals surface area contributed by atoms with Crippen molar-refractivity contribution in [1.29, 1.82) is 0 Å². The molecule has 5 nitrogen and oxygen atoms in total.